The van der Waals surface area contributed by atoms with Gasteiger partial charge in [-0.2, -0.15) is 0 Å². The molecule has 0 saturated heterocycles. The second kappa shape index (κ2) is 36.1. The Kier molecular flexibility index (Phi) is 34.1. The second-order valence-electron chi connectivity index (χ2n) is 14.0. The minimum absolute atomic E-state index is 0.386. The van der Waals surface area contributed by atoms with Crippen molar-refractivity contribution in [1.82, 2.24) is 0 Å². The summed E-state index contributed by atoms with van der Waals surface area (Å²) in [5.74, 6) is 0.815. The number of hydrogen-bond acceptors (Lipinski definition) is 5. The molecule has 1 aromatic rings. The molecule has 0 aliphatic rings. The highest BCUT2D eigenvalue weighted by Crippen LogP contribution is 2.41. The monoisotopic (exact) mass is 695 g/mol. The molecule has 1 rings (SSSR count). The van der Waals surface area contributed by atoms with E-state index >= 15 is 0 Å². The first kappa shape index (κ1) is 45.3. The molecule has 0 bridgehead atoms. The lowest BCUT2D eigenvalue weighted by atomic mass is 10.1. The molecule has 2 unspecified atom stereocenters. The van der Waals surface area contributed by atoms with Crippen molar-refractivity contribution in [1.29, 1.82) is 0 Å². The fraction of sp³-hybridized carbons (Fsp3) is 0.857. The maximum absolute atomic E-state index is 6.11. The minimum Gasteiger partial charge on any atom is -0.427 e. The van der Waals surface area contributed by atoms with E-state index in [0.717, 1.165) is 31.8 Å². The maximum Gasteiger partial charge on any atom is 0.397 e. The highest BCUT2D eigenvalue weighted by atomic mass is 31.2. The van der Waals surface area contributed by atoms with E-state index < -0.39 is 8.60 Å². The van der Waals surface area contributed by atoms with Crippen molar-refractivity contribution in [2.45, 2.75) is 207 Å². The van der Waals surface area contributed by atoms with Crippen LogP contribution >= 0.6 is 8.60 Å². The number of ether oxygens (including phenoxy) is 2. The standard InChI is InChI=1S/C42H79O5P/c1-5-7-9-11-13-19-28-36-43-40(3)32-24-17-15-21-30-38-45-48(47-42-34-26-23-27-35-42)46-39-31-22-16-18-25-33-41(4)44-37-29-20-14-12-10-8-6-2/h23,26-27,34-35,40-41H,5-22,24-25,28-33,36-39H2,1-4H3. The molecule has 2 atom stereocenters. The van der Waals surface area contributed by atoms with Crippen LogP contribution in [0.1, 0.15) is 195 Å². The molecule has 0 N–H and O–H groups in total. The van der Waals surface area contributed by atoms with Crippen LogP contribution in [0.4, 0.5) is 0 Å². The fourth-order valence-electron chi connectivity index (χ4n) is 5.92. The lowest BCUT2D eigenvalue weighted by Gasteiger charge is -2.17. The molecule has 0 aliphatic carbocycles. The maximum atomic E-state index is 6.11. The Balaban J connectivity index is 2.04. The van der Waals surface area contributed by atoms with Gasteiger partial charge in [-0.05, 0) is 64.5 Å². The van der Waals surface area contributed by atoms with Crippen LogP contribution in [0, 0.1) is 0 Å². The summed E-state index contributed by atoms with van der Waals surface area (Å²) < 4.78 is 30.4. The molecule has 5 nitrogen and oxygen atoms in total. The quantitative estimate of drug-likeness (QED) is 0.0509. The molecule has 282 valence electrons. The highest BCUT2D eigenvalue weighted by Gasteiger charge is 2.15. The molecule has 1 aromatic carbocycles. The van der Waals surface area contributed by atoms with E-state index in [-0.39, 0.29) is 0 Å². The number of unbranched alkanes of at least 4 members (excludes halogenated alkanes) is 20. The summed E-state index contributed by atoms with van der Waals surface area (Å²) in [6.45, 7) is 12.3. The first-order valence-electron chi connectivity index (χ1n) is 20.7. The molecule has 0 radical (unpaired) electrons. The predicted octanol–water partition coefficient (Wildman–Crippen LogP) is 14.3. The molecule has 0 heterocycles. The average molecular weight is 695 g/mol. The smallest absolute Gasteiger partial charge is 0.397 e. The van der Waals surface area contributed by atoms with E-state index in [1.54, 1.807) is 0 Å². The number of hydrogen-bond donors (Lipinski definition) is 0. The number of benzene rings is 1. The summed E-state index contributed by atoms with van der Waals surface area (Å²) in [7, 11) is -1.37. The fourth-order valence-corrected chi connectivity index (χ4v) is 6.95. The predicted molar refractivity (Wildman–Crippen MR) is 208 cm³/mol. The molecule has 0 aromatic heterocycles. The Morgan fingerprint density at radius 3 is 1.21 bits per heavy atom. The van der Waals surface area contributed by atoms with Gasteiger partial charge in [0.05, 0.1) is 25.4 Å². The lowest BCUT2D eigenvalue weighted by Crippen LogP contribution is -2.09. The van der Waals surface area contributed by atoms with Crippen LogP contribution < -0.4 is 4.52 Å². The lowest BCUT2D eigenvalue weighted by molar-refractivity contribution is 0.0555. The van der Waals surface area contributed by atoms with Gasteiger partial charge in [0, 0.05) is 13.2 Å². The minimum atomic E-state index is -1.37. The van der Waals surface area contributed by atoms with Gasteiger partial charge in [-0.25, -0.2) is 0 Å². The molecule has 0 saturated carbocycles. The topological polar surface area (TPSA) is 46.2 Å². The third-order valence-electron chi connectivity index (χ3n) is 9.13. The van der Waals surface area contributed by atoms with Gasteiger partial charge in [-0.3, -0.25) is 0 Å². The first-order valence-corrected chi connectivity index (χ1v) is 21.8. The van der Waals surface area contributed by atoms with E-state index in [1.165, 1.54) is 154 Å². The van der Waals surface area contributed by atoms with Gasteiger partial charge in [0.1, 0.15) is 5.75 Å². The van der Waals surface area contributed by atoms with Crippen molar-refractivity contribution in [3.8, 4) is 5.75 Å². The van der Waals surface area contributed by atoms with E-state index in [2.05, 4.69) is 27.7 Å². The molecule has 0 spiro atoms. The van der Waals surface area contributed by atoms with Gasteiger partial charge in [0.2, 0.25) is 0 Å². The summed E-state index contributed by atoms with van der Waals surface area (Å²) in [4.78, 5) is 0. The first-order chi connectivity index (χ1) is 23.7. The Hall–Kier alpha value is -0.710. The van der Waals surface area contributed by atoms with Crippen LogP contribution in [-0.2, 0) is 18.5 Å². The molecular weight excluding hydrogens is 615 g/mol. The summed E-state index contributed by atoms with van der Waals surface area (Å²) >= 11 is 0. The van der Waals surface area contributed by atoms with Crippen molar-refractivity contribution >= 4 is 8.60 Å². The van der Waals surface area contributed by atoms with Crippen LogP contribution in [0.2, 0.25) is 0 Å². The van der Waals surface area contributed by atoms with Gasteiger partial charge in [-0.15, -0.1) is 0 Å². The summed E-state index contributed by atoms with van der Waals surface area (Å²) in [5, 5.41) is 0. The summed E-state index contributed by atoms with van der Waals surface area (Å²) in [6.07, 6.45) is 33.9. The van der Waals surface area contributed by atoms with Gasteiger partial charge >= 0.3 is 8.60 Å². The Morgan fingerprint density at radius 2 is 0.792 bits per heavy atom. The molecule has 0 aliphatic heterocycles. The molecular formula is C42H79O5P. The number of rotatable bonds is 38. The zero-order chi connectivity index (χ0) is 34.6. The van der Waals surface area contributed by atoms with E-state index in [4.69, 9.17) is 23.0 Å². The average Bonchev–Trinajstić information content (AvgIpc) is 3.09. The van der Waals surface area contributed by atoms with Crippen molar-refractivity contribution < 1.29 is 23.0 Å². The molecule has 48 heavy (non-hydrogen) atoms. The van der Waals surface area contributed by atoms with Gasteiger partial charge in [0.25, 0.3) is 0 Å². The van der Waals surface area contributed by atoms with Crippen LogP contribution in [-0.4, -0.2) is 38.6 Å². The van der Waals surface area contributed by atoms with Crippen molar-refractivity contribution in [2.24, 2.45) is 0 Å². The molecule has 6 heteroatoms. The Morgan fingerprint density at radius 1 is 0.438 bits per heavy atom. The van der Waals surface area contributed by atoms with E-state index in [9.17, 15) is 0 Å². The van der Waals surface area contributed by atoms with Crippen LogP contribution in [0.15, 0.2) is 30.3 Å². The zero-order valence-electron chi connectivity index (χ0n) is 32.2. The largest absolute Gasteiger partial charge is 0.427 e. The van der Waals surface area contributed by atoms with Crippen LogP contribution in [0.5, 0.6) is 5.75 Å². The van der Waals surface area contributed by atoms with Crippen molar-refractivity contribution in [3.63, 3.8) is 0 Å². The van der Waals surface area contributed by atoms with Crippen LogP contribution in [0.25, 0.3) is 0 Å². The Labute approximate surface area is 300 Å². The van der Waals surface area contributed by atoms with E-state index in [1.807, 2.05) is 30.3 Å². The third kappa shape index (κ3) is 31.3. The molecule has 0 amide bonds. The van der Waals surface area contributed by atoms with E-state index in [0.29, 0.717) is 25.4 Å². The Bertz CT molecular complexity index is 709. The zero-order valence-corrected chi connectivity index (χ0v) is 33.1. The van der Waals surface area contributed by atoms with Gasteiger partial charge in [0.15, 0.2) is 0 Å². The van der Waals surface area contributed by atoms with Crippen molar-refractivity contribution in [3.05, 3.63) is 30.3 Å². The third-order valence-corrected chi connectivity index (χ3v) is 10.3. The highest BCUT2D eigenvalue weighted by molar-refractivity contribution is 7.42. The van der Waals surface area contributed by atoms with Gasteiger partial charge < -0.3 is 23.0 Å². The normalized spacial score (nSPS) is 13.5. The summed E-state index contributed by atoms with van der Waals surface area (Å²) in [5.41, 5.74) is 0. The second-order valence-corrected chi connectivity index (χ2v) is 15.2. The SMILES string of the molecule is CCCCCCCCCOC(C)CCCCCCCOP(OCCCCCCCC(C)OCCCCCCCCC)Oc1ccccc1. The molecule has 0 fully saturated rings. The van der Waals surface area contributed by atoms with Crippen molar-refractivity contribution in [2.75, 3.05) is 26.4 Å². The summed E-state index contributed by atoms with van der Waals surface area (Å²) in [6, 6.07) is 9.93. The number of para-hydroxylation sites is 1. The van der Waals surface area contributed by atoms with Gasteiger partial charge in [-0.1, -0.05) is 160 Å². The van der Waals surface area contributed by atoms with Crippen LogP contribution in [0.3, 0.4) is 0 Å².